The van der Waals surface area contributed by atoms with Crippen LogP contribution in [0.25, 0.3) is 0 Å². The lowest BCUT2D eigenvalue weighted by Crippen LogP contribution is -2.41. The standard InChI is InChI=1S/C23H26N4O2S/c1-16-11-19(26-23-24-13-17(2)30-23)12-21(25-16)18-7-6-10-27(14-18)22(28)15-29-20-8-4-3-5-9-20/h3-5,8-9,11-13,18H,6-7,10,14-15H2,1-2H3,(H,24,25,26)/t18-/m1/s1. The van der Waals surface area contributed by atoms with Crippen molar-refractivity contribution in [3.63, 3.8) is 0 Å². The number of nitrogens with one attached hydrogen (secondary N) is 1. The van der Waals surface area contributed by atoms with E-state index < -0.39 is 0 Å². The molecule has 7 heteroatoms. The summed E-state index contributed by atoms with van der Waals surface area (Å²) in [7, 11) is 0. The largest absolute Gasteiger partial charge is 0.484 e. The van der Waals surface area contributed by atoms with Crippen molar-refractivity contribution in [3.05, 3.63) is 64.9 Å². The number of para-hydroxylation sites is 1. The summed E-state index contributed by atoms with van der Waals surface area (Å²) >= 11 is 1.63. The lowest BCUT2D eigenvalue weighted by Gasteiger charge is -2.32. The number of hydrogen-bond acceptors (Lipinski definition) is 6. The Morgan fingerprint density at radius 1 is 1.27 bits per heavy atom. The predicted molar refractivity (Wildman–Crippen MR) is 120 cm³/mol. The molecular weight excluding hydrogens is 396 g/mol. The number of aryl methyl sites for hydroxylation is 2. The summed E-state index contributed by atoms with van der Waals surface area (Å²) in [4.78, 5) is 24.9. The first-order chi connectivity index (χ1) is 14.6. The van der Waals surface area contributed by atoms with Gasteiger partial charge in [-0.15, -0.1) is 11.3 Å². The molecule has 1 saturated heterocycles. The number of likely N-dealkylation sites (tertiary alicyclic amines) is 1. The number of piperidine rings is 1. The minimum absolute atomic E-state index is 0.0211. The average Bonchev–Trinajstić information content (AvgIpc) is 3.17. The first kappa shape index (κ1) is 20.3. The number of hydrogen-bond donors (Lipinski definition) is 1. The molecule has 4 rings (SSSR count). The normalized spacial score (nSPS) is 16.3. The second-order valence-corrected chi connectivity index (χ2v) is 8.84. The van der Waals surface area contributed by atoms with Gasteiger partial charge in [0.05, 0.1) is 0 Å². The Morgan fingerprint density at radius 2 is 2.10 bits per heavy atom. The molecule has 0 aliphatic carbocycles. The van der Waals surface area contributed by atoms with Crippen LogP contribution in [0.2, 0.25) is 0 Å². The summed E-state index contributed by atoms with van der Waals surface area (Å²) in [6.07, 6.45) is 3.85. The molecule has 1 aliphatic rings. The Hall–Kier alpha value is -2.93. The van der Waals surface area contributed by atoms with Gasteiger partial charge >= 0.3 is 0 Å². The third-order valence-corrected chi connectivity index (χ3v) is 5.97. The number of carbonyl (C=O) groups is 1. The number of pyridine rings is 1. The average molecular weight is 423 g/mol. The van der Waals surface area contributed by atoms with Crippen LogP contribution >= 0.6 is 11.3 Å². The van der Waals surface area contributed by atoms with E-state index in [1.54, 1.807) is 11.3 Å². The summed E-state index contributed by atoms with van der Waals surface area (Å²) in [6, 6.07) is 13.6. The Kier molecular flexibility index (Phi) is 6.28. The smallest absolute Gasteiger partial charge is 0.260 e. The van der Waals surface area contributed by atoms with Gasteiger partial charge in [-0.3, -0.25) is 9.78 Å². The van der Waals surface area contributed by atoms with E-state index in [1.807, 2.05) is 61.3 Å². The zero-order valence-corrected chi connectivity index (χ0v) is 18.1. The molecule has 3 aromatic rings. The molecule has 0 radical (unpaired) electrons. The summed E-state index contributed by atoms with van der Waals surface area (Å²) in [5, 5.41) is 4.26. The molecule has 0 unspecified atom stereocenters. The van der Waals surface area contributed by atoms with Gasteiger partial charge in [0.15, 0.2) is 11.7 Å². The van der Waals surface area contributed by atoms with Crippen LogP contribution in [0.1, 0.15) is 35.0 Å². The number of rotatable bonds is 6. The maximum absolute atomic E-state index is 12.7. The van der Waals surface area contributed by atoms with E-state index >= 15 is 0 Å². The molecule has 30 heavy (non-hydrogen) atoms. The van der Waals surface area contributed by atoms with E-state index in [2.05, 4.69) is 16.4 Å². The van der Waals surface area contributed by atoms with Crippen molar-refractivity contribution in [1.29, 1.82) is 0 Å². The maximum Gasteiger partial charge on any atom is 0.260 e. The number of aromatic nitrogens is 2. The second kappa shape index (κ2) is 9.26. The van der Waals surface area contributed by atoms with Crippen molar-refractivity contribution < 1.29 is 9.53 Å². The zero-order valence-electron chi connectivity index (χ0n) is 17.3. The third kappa shape index (κ3) is 5.16. The molecule has 0 bridgehead atoms. The SMILES string of the molecule is Cc1cc(Nc2ncc(C)s2)cc([C@@H]2CCCN(C(=O)COc3ccccc3)C2)n1. The van der Waals surface area contributed by atoms with E-state index in [1.165, 1.54) is 4.88 Å². The van der Waals surface area contributed by atoms with Crippen LogP contribution in [-0.4, -0.2) is 40.5 Å². The number of nitrogens with zero attached hydrogens (tertiary/aromatic N) is 3. The van der Waals surface area contributed by atoms with Crippen LogP contribution in [0.15, 0.2) is 48.7 Å². The summed E-state index contributed by atoms with van der Waals surface area (Å²) in [5.74, 6) is 0.957. The van der Waals surface area contributed by atoms with Gasteiger partial charge in [-0.2, -0.15) is 0 Å². The van der Waals surface area contributed by atoms with Crippen molar-refractivity contribution in [2.45, 2.75) is 32.6 Å². The van der Waals surface area contributed by atoms with E-state index in [-0.39, 0.29) is 18.4 Å². The van der Waals surface area contributed by atoms with Crippen LogP contribution < -0.4 is 10.1 Å². The Bertz CT molecular complexity index is 1010. The Balaban J connectivity index is 1.41. The molecule has 156 valence electrons. The van der Waals surface area contributed by atoms with E-state index in [0.717, 1.165) is 41.6 Å². The minimum Gasteiger partial charge on any atom is -0.484 e. The summed E-state index contributed by atoms with van der Waals surface area (Å²) in [5.41, 5.74) is 2.97. The van der Waals surface area contributed by atoms with Gasteiger partial charge < -0.3 is 15.0 Å². The van der Waals surface area contributed by atoms with Crippen molar-refractivity contribution in [2.75, 3.05) is 25.0 Å². The quantitative estimate of drug-likeness (QED) is 0.625. The van der Waals surface area contributed by atoms with Gasteiger partial charge in [-0.05, 0) is 51.0 Å². The van der Waals surface area contributed by atoms with Gasteiger partial charge in [-0.25, -0.2) is 4.98 Å². The molecule has 3 heterocycles. The molecule has 1 aromatic carbocycles. The highest BCUT2D eigenvalue weighted by atomic mass is 32.1. The fraction of sp³-hybridized carbons (Fsp3) is 0.348. The summed E-state index contributed by atoms with van der Waals surface area (Å²) in [6.45, 7) is 5.54. The van der Waals surface area contributed by atoms with Crippen molar-refractivity contribution in [1.82, 2.24) is 14.9 Å². The Morgan fingerprint density at radius 3 is 2.87 bits per heavy atom. The lowest BCUT2D eigenvalue weighted by atomic mass is 9.93. The highest BCUT2D eigenvalue weighted by Crippen LogP contribution is 2.29. The first-order valence-corrected chi connectivity index (χ1v) is 11.0. The predicted octanol–water partition coefficient (Wildman–Crippen LogP) is 4.68. The molecular formula is C23H26N4O2S. The van der Waals surface area contributed by atoms with E-state index in [9.17, 15) is 4.79 Å². The molecule has 1 fully saturated rings. The van der Waals surface area contributed by atoms with E-state index in [0.29, 0.717) is 12.3 Å². The van der Waals surface area contributed by atoms with Crippen LogP contribution in [0.4, 0.5) is 10.8 Å². The van der Waals surface area contributed by atoms with Gasteiger partial charge in [-0.1, -0.05) is 18.2 Å². The van der Waals surface area contributed by atoms with Crippen molar-refractivity contribution >= 4 is 28.1 Å². The lowest BCUT2D eigenvalue weighted by molar-refractivity contribution is -0.134. The third-order valence-electron chi connectivity index (χ3n) is 5.14. The molecule has 2 aromatic heterocycles. The van der Waals surface area contributed by atoms with Gasteiger partial charge in [0.1, 0.15) is 5.75 Å². The molecule has 0 spiro atoms. The zero-order chi connectivity index (χ0) is 20.9. The highest BCUT2D eigenvalue weighted by molar-refractivity contribution is 7.15. The topological polar surface area (TPSA) is 67.4 Å². The number of amides is 1. The molecule has 0 saturated carbocycles. The monoisotopic (exact) mass is 422 g/mol. The number of thiazole rings is 1. The van der Waals surface area contributed by atoms with Gasteiger partial charge in [0, 0.05) is 47.2 Å². The fourth-order valence-electron chi connectivity index (χ4n) is 3.71. The van der Waals surface area contributed by atoms with Crippen molar-refractivity contribution in [2.24, 2.45) is 0 Å². The fourth-order valence-corrected chi connectivity index (χ4v) is 4.39. The van der Waals surface area contributed by atoms with Crippen LogP contribution in [0.5, 0.6) is 5.75 Å². The highest BCUT2D eigenvalue weighted by Gasteiger charge is 2.26. The number of benzene rings is 1. The summed E-state index contributed by atoms with van der Waals surface area (Å²) < 4.78 is 5.65. The van der Waals surface area contributed by atoms with E-state index in [4.69, 9.17) is 9.72 Å². The van der Waals surface area contributed by atoms with Crippen molar-refractivity contribution in [3.8, 4) is 5.75 Å². The number of carbonyl (C=O) groups excluding carboxylic acids is 1. The first-order valence-electron chi connectivity index (χ1n) is 10.2. The van der Waals surface area contributed by atoms with Gasteiger partial charge in [0.2, 0.25) is 0 Å². The maximum atomic E-state index is 12.7. The van der Waals surface area contributed by atoms with Crippen LogP contribution in [-0.2, 0) is 4.79 Å². The molecule has 1 amide bonds. The molecule has 1 aliphatic heterocycles. The molecule has 6 nitrogen and oxygen atoms in total. The van der Waals surface area contributed by atoms with Gasteiger partial charge in [0.25, 0.3) is 5.91 Å². The number of anilines is 2. The Labute approximate surface area is 180 Å². The molecule has 1 N–H and O–H groups in total. The molecule has 1 atom stereocenters. The second-order valence-electron chi connectivity index (χ2n) is 7.60. The number of ether oxygens (including phenoxy) is 1. The minimum atomic E-state index is 0.0211. The van der Waals surface area contributed by atoms with Crippen LogP contribution in [0.3, 0.4) is 0 Å². The van der Waals surface area contributed by atoms with Crippen LogP contribution in [0, 0.1) is 13.8 Å².